The van der Waals surface area contributed by atoms with Gasteiger partial charge in [-0.3, -0.25) is 29.3 Å². The molecular formula is C21H21ClN6O9S. The van der Waals surface area contributed by atoms with E-state index in [4.69, 9.17) is 21.3 Å². The number of hydroxylamine groups is 2. The molecule has 1 aliphatic rings. The highest BCUT2D eigenvalue weighted by Crippen LogP contribution is 2.24. The molecule has 3 atom stereocenters. The van der Waals surface area contributed by atoms with E-state index in [9.17, 15) is 34.4 Å². The summed E-state index contributed by atoms with van der Waals surface area (Å²) in [6, 6.07) is 3.43. The van der Waals surface area contributed by atoms with E-state index < -0.39 is 46.8 Å². The van der Waals surface area contributed by atoms with Gasteiger partial charge in [-0.2, -0.15) is 0 Å². The fourth-order valence-electron chi connectivity index (χ4n) is 3.30. The van der Waals surface area contributed by atoms with E-state index in [0.717, 1.165) is 16.4 Å². The number of aromatic nitrogens is 1. The summed E-state index contributed by atoms with van der Waals surface area (Å²) in [5, 5.41) is 31.4. The number of β-lactam (4-membered cyclic amide) rings is 1. The van der Waals surface area contributed by atoms with E-state index in [1.54, 1.807) is 0 Å². The third kappa shape index (κ3) is 6.58. The minimum absolute atomic E-state index is 0.0702. The summed E-state index contributed by atoms with van der Waals surface area (Å²) in [6.45, 7) is 1.53. The average molecular weight is 569 g/mol. The second-order valence-electron chi connectivity index (χ2n) is 7.76. The van der Waals surface area contributed by atoms with Crippen LogP contribution in [0.15, 0.2) is 34.8 Å². The number of carbonyl (C=O) groups excluding carboxylic acids is 3. The first-order valence-corrected chi connectivity index (χ1v) is 12.2. The summed E-state index contributed by atoms with van der Waals surface area (Å²) in [7, 11) is 1.21. The van der Waals surface area contributed by atoms with Gasteiger partial charge >= 0.3 is 5.97 Å². The molecule has 2 heterocycles. The highest BCUT2D eigenvalue weighted by Gasteiger charge is 2.49. The highest BCUT2D eigenvalue weighted by atomic mass is 35.5. The molecule has 1 fully saturated rings. The number of nitrogens with zero attached hydrogens (tertiary/aromatic N) is 4. The second-order valence-corrected chi connectivity index (χ2v) is 8.88. The molecule has 202 valence electrons. The lowest BCUT2D eigenvalue weighted by Gasteiger charge is -2.44. The summed E-state index contributed by atoms with van der Waals surface area (Å²) in [4.78, 5) is 73.1. The first-order valence-electron chi connectivity index (χ1n) is 10.7. The van der Waals surface area contributed by atoms with Crippen LogP contribution in [0, 0.1) is 10.1 Å². The summed E-state index contributed by atoms with van der Waals surface area (Å²) < 4.78 is 0. The standard InChI is InChI=1S/C21H21ClN6O9S/c1-10-16(25-18(30)17(26-36-2)13-9-38-21(23-13)24-15(29)8-22)19(31)27(10)37-14(20(32)33)7-11-3-5-12(6-4-11)28(34)35/h3-6,9-10,14,16H,7-8H2,1-2H3,(H,25,30)(H,32,33)(H,23,24,29)/b26-17-/t10-,14?,16-/m0/s1. The monoisotopic (exact) mass is 568 g/mol. The van der Waals surface area contributed by atoms with Gasteiger partial charge in [0.05, 0.1) is 11.0 Å². The predicted octanol–water partition coefficient (Wildman–Crippen LogP) is 0.922. The topological polar surface area (TPSA) is 203 Å². The Morgan fingerprint density at radius 3 is 2.58 bits per heavy atom. The van der Waals surface area contributed by atoms with Crippen LogP contribution in [-0.4, -0.2) is 80.7 Å². The Kier molecular flexibility index (Phi) is 9.27. The molecular weight excluding hydrogens is 548 g/mol. The average Bonchev–Trinajstić information content (AvgIpc) is 3.35. The molecule has 38 heavy (non-hydrogen) atoms. The number of anilines is 1. The molecule has 17 heteroatoms. The molecule has 3 N–H and O–H groups in total. The van der Waals surface area contributed by atoms with Gasteiger partial charge < -0.3 is 20.6 Å². The number of carbonyl (C=O) groups is 4. The molecule has 0 bridgehead atoms. The number of halogens is 1. The Bertz CT molecular complexity index is 1270. The van der Waals surface area contributed by atoms with Gasteiger partial charge in [-0.05, 0) is 12.5 Å². The fourth-order valence-corrected chi connectivity index (χ4v) is 4.08. The van der Waals surface area contributed by atoms with Gasteiger partial charge in [0.1, 0.15) is 24.7 Å². The number of hydrogen-bond donors (Lipinski definition) is 3. The quantitative estimate of drug-likeness (QED) is 0.109. The van der Waals surface area contributed by atoms with Gasteiger partial charge in [-0.25, -0.2) is 14.8 Å². The zero-order valence-electron chi connectivity index (χ0n) is 19.8. The summed E-state index contributed by atoms with van der Waals surface area (Å²) in [5.41, 5.74) is 0.0903. The van der Waals surface area contributed by atoms with Crippen molar-refractivity contribution in [1.82, 2.24) is 15.4 Å². The number of nitro groups is 1. The number of carboxylic acids is 1. The van der Waals surface area contributed by atoms with Crippen molar-refractivity contribution in [3.63, 3.8) is 0 Å². The third-order valence-electron chi connectivity index (χ3n) is 5.22. The zero-order chi connectivity index (χ0) is 28.0. The number of hydrogen-bond acceptors (Lipinski definition) is 11. The lowest BCUT2D eigenvalue weighted by Crippen LogP contribution is -2.70. The van der Waals surface area contributed by atoms with Crippen molar-refractivity contribution in [2.24, 2.45) is 5.16 Å². The van der Waals surface area contributed by atoms with Gasteiger partial charge in [-0.15, -0.1) is 22.9 Å². The van der Waals surface area contributed by atoms with Crippen molar-refractivity contribution >= 4 is 63.2 Å². The number of alkyl halides is 1. The summed E-state index contributed by atoms with van der Waals surface area (Å²) >= 11 is 6.47. The van der Waals surface area contributed by atoms with Crippen LogP contribution < -0.4 is 10.6 Å². The molecule has 0 radical (unpaired) electrons. The molecule has 1 aromatic carbocycles. The van der Waals surface area contributed by atoms with Crippen LogP contribution in [0.5, 0.6) is 0 Å². The van der Waals surface area contributed by atoms with Crippen LogP contribution in [0.3, 0.4) is 0 Å². The van der Waals surface area contributed by atoms with Crippen LogP contribution in [0.1, 0.15) is 18.2 Å². The number of benzene rings is 1. The van der Waals surface area contributed by atoms with Crippen LogP contribution in [0.25, 0.3) is 0 Å². The number of oxime groups is 1. The van der Waals surface area contributed by atoms with E-state index in [1.165, 1.54) is 43.7 Å². The Morgan fingerprint density at radius 2 is 2.03 bits per heavy atom. The summed E-state index contributed by atoms with van der Waals surface area (Å²) in [5.74, 6) is -3.65. The van der Waals surface area contributed by atoms with Gasteiger partial charge in [0.25, 0.3) is 17.5 Å². The number of nitro benzene ring substituents is 1. The zero-order valence-corrected chi connectivity index (χ0v) is 21.4. The molecule has 0 saturated carbocycles. The Hall–Kier alpha value is -4.15. The molecule has 1 aromatic heterocycles. The van der Waals surface area contributed by atoms with E-state index >= 15 is 0 Å². The number of non-ortho nitro benzene ring substituents is 1. The van der Waals surface area contributed by atoms with Gasteiger partial charge in [0.15, 0.2) is 16.9 Å². The van der Waals surface area contributed by atoms with E-state index in [2.05, 4.69) is 20.8 Å². The first kappa shape index (κ1) is 28.4. The van der Waals surface area contributed by atoms with Crippen molar-refractivity contribution < 1.29 is 38.9 Å². The number of aliphatic carboxylic acids is 1. The molecule has 2 aromatic rings. The molecule has 1 saturated heterocycles. The number of carboxylic acid groups (broad SMARTS) is 1. The third-order valence-corrected chi connectivity index (χ3v) is 6.22. The Labute approximate surface area is 223 Å². The van der Waals surface area contributed by atoms with Crippen molar-refractivity contribution in [3.8, 4) is 0 Å². The maximum atomic E-state index is 12.8. The van der Waals surface area contributed by atoms with E-state index in [1.807, 2.05) is 0 Å². The van der Waals surface area contributed by atoms with E-state index in [-0.39, 0.29) is 34.5 Å². The van der Waals surface area contributed by atoms with Gasteiger partial charge in [-0.1, -0.05) is 17.3 Å². The number of nitrogens with one attached hydrogen (secondary N) is 2. The van der Waals surface area contributed by atoms with Crippen molar-refractivity contribution in [2.75, 3.05) is 18.3 Å². The lowest BCUT2D eigenvalue weighted by molar-refractivity contribution is -0.384. The van der Waals surface area contributed by atoms with Gasteiger partial charge in [0, 0.05) is 23.9 Å². The predicted molar refractivity (Wildman–Crippen MR) is 133 cm³/mol. The molecule has 0 spiro atoms. The van der Waals surface area contributed by atoms with E-state index in [0.29, 0.717) is 5.56 Å². The SMILES string of the molecule is CO/N=C(\C(=O)N[C@@H]1C(=O)N(OC(Cc2ccc([N+](=O)[O-])cc2)C(=O)O)[C@H]1C)c1csc(NC(=O)CCl)n1. The minimum Gasteiger partial charge on any atom is -0.479 e. The van der Waals surface area contributed by atoms with Crippen molar-refractivity contribution in [1.29, 1.82) is 0 Å². The molecule has 1 aliphatic heterocycles. The molecule has 3 amide bonds. The van der Waals surface area contributed by atoms with Crippen molar-refractivity contribution in [2.45, 2.75) is 31.5 Å². The maximum absolute atomic E-state index is 12.8. The number of amides is 3. The lowest BCUT2D eigenvalue weighted by atomic mass is 9.99. The fraction of sp³-hybridized carbons (Fsp3) is 0.333. The first-order chi connectivity index (χ1) is 18.0. The molecule has 3 rings (SSSR count). The molecule has 1 unspecified atom stereocenters. The Morgan fingerprint density at radius 1 is 1.34 bits per heavy atom. The van der Waals surface area contributed by atoms with Crippen LogP contribution in [0.4, 0.5) is 10.8 Å². The number of thiazole rings is 1. The Balaban J connectivity index is 1.64. The molecule has 15 nitrogen and oxygen atoms in total. The van der Waals surface area contributed by atoms with Gasteiger partial charge in [0.2, 0.25) is 5.91 Å². The van der Waals surface area contributed by atoms with Crippen LogP contribution in [0.2, 0.25) is 0 Å². The number of rotatable bonds is 12. The van der Waals surface area contributed by atoms with Crippen LogP contribution >= 0.6 is 22.9 Å². The normalized spacial score (nSPS) is 17.8. The van der Waals surface area contributed by atoms with Crippen molar-refractivity contribution in [3.05, 3.63) is 51.0 Å². The highest BCUT2D eigenvalue weighted by molar-refractivity contribution is 7.14. The minimum atomic E-state index is -1.47. The smallest absolute Gasteiger partial charge is 0.335 e. The largest absolute Gasteiger partial charge is 0.479 e. The maximum Gasteiger partial charge on any atom is 0.335 e. The van der Waals surface area contributed by atoms with Crippen LogP contribution in [-0.2, 0) is 35.3 Å². The molecule has 0 aliphatic carbocycles. The summed E-state index contributed by atoms with van der Waals surface area (Å²) in [6.07, 6.45) is -1.64. The second kappa shape index (κ2) is 12.4.